The molecule has 4 unspecified atom stereocenters. The molecule has 0 radical (unpaired) electrons. The van der Waals surface area contributed by atoms with Gasteiger partial charge in [0.1, 0.15) is 12.3 Å². The lowest BCUT2D eigenvalue weighted by molar-refractivity contribution is 0.289. The van der Waals surface area contributed by atoms with Crippen LogP contribution in [0.1, 0.15) is 34.6 Å². The van der Waals surface area contributed by atoms with Gasteiger partial charge in [0.05, 0.1) is 16.7 Å². The minimum Gasteiger partial charge on any atom is -0.301 e. The lowest BCUT2D eigenvalue weighted by Gasteiger charge is -2.52. The van der Waals surface area contributed by atoms with Crippen LogP contribution >= 0.6 is 0 Å². The highest BCUT2D eigenvalue weighted by atomic mass is 15.5. The average molecular weight is 841 g/mol. The van der Waals surface area contributed by atoms with E-state index in [0.29, 0.717) is 0 Å². The number of aryl methyl sites for hydroxylation is 2. The smallest absolute Gasteiger partial charge is 0.179 e. The van der Waals surface area contributed by atoms with E-state index in [1.54, 1.807) is 0 Å². The fourth-order valence-corrected chi connectivity index (χ4v) is 11.3. The molecule has 6 heterocycles. The van der Waals surface area contributed by atoms with Crippen LogP contribution in [0, 0.1) is 19.8 Å². The van der Waals surface area contributed by atoms with Gasteiger partial charge in [-0.2, -0.15) is 0 Å². The van der Waals surface area contributed by atoms with Crippen molar-refractivity contribution in [3.63, 3.8) is 0 Å². The number of nitrogens with zero attached hydrogens (tertiary/aromatic N) is 8. The van der Waals surface area contributed by atoms with Gasteiger partial charge in [-0.25, -0.2) is 19.9 Å². The first kappa shape index (κ1) is 37.5. The van der Waals surface area contributed by atoms with Crippen LogP contribution in [-0.2, 0) is 0 Å². The van der Waals surface area contributed by atoms with Crippen molar-refractivity contribution in [2.24, 2.45) is 5.92 Å². The molecule has 8 nitrogen and oxygen atoms in total. The molecule has 7 aromatic carbocycles. The molecule has 0 N–H and O–H groups in total. The summed E-state index contributed by atoms with van der Waals surface area (Å²) in [4.78, 5) is 31.3. The monoisotopic (exact) mass is 840 g/mol. The number of hydrogen-bond acceptors (Lipinski definition) is 8. The molecule has 65 heavy (non-hydrogen) atoms. The molecule has 0 saturated heterocycles. The summed E-state index contributed by atoms with van der Waals surface area (Å²) in [6.07, 6.45) is 3.82. The van der Waals surface area contributed by atoms with Gasteiger partial charge in [-0.15, -0.1) is 0 Å². The second kappa shape index (κ2) is 14.5. The van der Waals surface area contributed by atoms with Gasteiger partial charge in [0, 0.05) is 46.9 Å². The second-order valence-electron chi connectivity index (χ2n) is 17.7. The van der Waals surface area contributed by atoms with E-state index < -0.39 is 0 Å². The summed E-state index contributed by atoms with van der Waals surface area (Å²) < 4.78 is 0. The average Bonchev–Trinajstić information content (AvgIpc) is 3.86. The summed E-state index contributed by atoms with van der Waals surface area (Å²) in [5.41, 5.74) is 16.7. The number of hydrogen-bond donors (Lipinski definition) is 0. The first-order valence-electron chi connectivity index (χ1n) is 22.4. The SMILES string of the molecule is C=C1CC2c3ccccc3N3c4nc5ccccc5nc4N(c4ccccc4)C3C2C2N(c3ccc(-c4ccccc4C)cc3)c3nccnc3N2c2ccc(-c3ccccc3C)cc21. The molecule has 2 aromatic heterocycles. The van der Waals surface area contributed by atoms with Crippen molar-refractivity contribution in [3.8, 4) is 22.3 Å². The topological polar surface area (TPSA) is 64.5 Å². The molecule has 4 aliphatic rings. The Morgan fingerprint density at radius 3 is 1.68 bits per heavy atom. The predicted molar refractivity (Wildman–Crippen MR) is 264 cm³/mol. The molecule has 8 heteroatoms. The zero-order chi connectivity index (χ0) is 43.3. The first-order valence-corrected chi connectivity index (χ1v) is 22.4. The van der Waals surface area contributed by atoms with Gasteiger partial charge < -0.3 is 19.6 Å². The summed E-state index contributed by atoms with van der Waals surface area (Å²) in [6, 6.07) is 61.1. The van der Waals surface area contributed by atoms with Crippen molar-refractivity contribution in [2.45, 2.75) is 38.5 Å². The number of fused-ring (bicyclic) bond motifs is 15. The number of allylic oxidation sites excluding steroid dienone is 1. The lowest BCUT2D eigenvalue weighted by atomic mass is 9.71. The van der Waals surface area contributed by atoms with Gasteiger partial charge >= 0.3 is 0 Å². The molecular formula is C57H44N8. The van der Waals surface area contributed by atoms with E-state index in [1.807, 2.05) is 24.5 Å². The van der Waals surface area contributed by atoms with Crippen LogP contribution < -0.4 is 19.6 Å². The maximum absolute atomic E-state index is 5.49. The van der Waals surface area contributed by atoms with Gasteiger partial charge in [-0.3, -0.25) is 0 Å². The van der Waals surface area contributed by atoms with Crippen molar-refractivity contribution >= 4 is 62.6 Å². The molecule has 4 aliphatic heterocycles. The van der Waals surface area contributed by atoms with Crippen LogP contribution in [0.15, 0.2) is 189 Å². The molecule has 312 valence electrons. The number of benzene rings is 7. The Morgan fingerprint density at radius 1 is 0.462 bits per heavy atom. The summed E-state index contributed by atoms with van der Waals surface area (Å²) in [5, 5.41) is 0. The third-order valence-corrected chi connectivity index (χ3v) is 14.1. The molecule has 0 aliphatic carbocycles. The highest BCUT2D eigenvalue weighted by Gasteiger charge is 2.59. The molecular weight excluding hydrogens is 797 g/mol. The summed E-state index contributed by atoms with van der Waals surface area (Å²) in [5.74, 6) is 3.19. The van der Waals surface area contributed by atoms with Crippen LogP contribution in [0.25, 0.3) is 38.9 Å². The molecule has 13 rings (SSSR count). The third-order valence-electron chi connectivity index (χ3n) is 14.1. The zero-order valence-corrected chi connectivity index (χ0v) is 36.1. The van der Waals surface area contributed by atoms with Crippen molar-refractivity contribution < 1.29 is 0 Å². The minimum absolute atomic E-state index is 0.000659. The molecule has 9 aromatic rings. The highest BCUT2D eigenvalue weighted by molar-refractivity contribution is 5.95. The largest absolute Gasteiger partial charge is 0.301 e. The number of anilines is 8. The van der Waals surface area contributed by atoms with Gasteiger partial charge in [-0.1, -0.05) is 122 Å². The zero-order valence-electron chi connectivity index (χ0n) is 36.1. The van der Waals surface area contributed by atoms with E-state index in [0.717, 1.165) is 74.6 Å². The molecule has 0 saturated carbocycles. The van der Waals surface area contributed by atoms with E-state index in [4.69, 9.17) is 26.5 Å². The summed E-state index contributed by atoms with van der Waals surface area (Å²) in [6.45, 7) is 9.34. The van der Waals surface area contributed by atoms with Crippen LogP contribution in [0.3, 0.4) is 0 Å². The lowest BCUT2D eigenvalue weighted by Crippen LogP contribution is -2.60. The standard InChI is InChI=1S/C57H44N8/c1-35-15-7-9-19-42(35)38-25-28-41(29-26-38)62-52-53(59-32-31-58-52)64-50-30-27-39(43-20-10-8-16-36(43)2)34-45(50)37(3)33-46-44-21-11-14-24-49(44)65-55-54(60-47-22-12-13-23-48(47)61-55)63(40-17-5-4-6-18-40)57(65)51(46)56(62)64/h4-32,34,46,51,56-57H,3,33H2,1-2H3. The van der Waals surface area contributed by atoms with E-state index >= 15 is 0 Å². The molecule has 0 fully saturated rings. The van der Waals surface area contributed by atoms with Crippen LogP contribution in [-0.4, -0.2) is 32.3 Å². The summed E-state index contributed by atoms with van der Waals surface area (Å²) in [7, 11) is 0. The Balaban J connectivity index is 1.10. The Labute approximate surface area is 378 Å². The molecule has 0 bridgehead atoms. The normalized spacial score (nSPS) is 19.1. The van der Waals surface area contributed by atoms with Gasteiger partial charge in [0.25, 0.3) is 0 Å². The van der Waals surface area contributed by atoms with E-state index in [9.17, 15) is 0 Å². The van der Waals surface area contributed by atoms with Crippen molar-refractivity contribution in [1.82, 2.24) is 19.9 Å². The Kier molecular flexibility index (Phi) is 8.34. The van der Waals surface area contributed by atoms with Crippen molar-refractivity contribution in [2.75, 3.05) is 19.6 Å². The number of para-hydroxylation sites is 4. The third kappa shape index (κ3) is 5.63. The van der Waals surface area contributed by atoms with Crippen LogP contribution in [0.4, 0.5) is 46.0 Å². The van der Waals surface area contributed by atoms with Crippen LogP contribution in [0.2, 0.25) is 0 Å². The maximum Gasteiger partial charge on any atom is 0.179 e. The highest BCUT2D eigenvalue weighted by Crippen LogP contribution is 2.62. The predicted octanol–water partition coefficient (Wildman–Crippen LogP) is 13.4. The quantitative estimate of drug-likeness (QED) is 0.174. The summed E-state index contributed by atoms with van der Waals surface area (Å²) >= 11 is 0. The Morgan fingerprint density at radius 2 is 0.985 bits per heavy atom. The van der Waals surface area contributed by atoms with E-state index in [-0.39, 0.29) is 24.2 Å². The van der Waals surface area contributed by atoms with E-state index in [2.05, 4.69) is 191 Å². The van der Waals surface area contributed by atoms with Crippen molar-refractivity contribution in [3.05, 3.63) is 211 Å². The van der Waals surface area contributed by atoms with Crippen molar-refractivity contribution in [1.29, 1.82) is 0 Å². The fourth-order valence-electron chi connectivity index (χ4n) is 11.3. The van der Waals surface area contributed by atoms with Gasteiger partial charge in [0.2, 0.25) is 0 Å². The first-order chi connectivity index (χ1) is 32.0. The van der Waals surface area contributed by atoms with Gasteiger partial charge in [0.15, 0.2) is 23.3 Å². The van der Waals surface area contributed by atoms with E-state index in [1.165, 1.54) is 38.9 Å². The van der Waals surface area contributed by atoms with Crippen LogP contribution in [0.5, 0.6) is 0 Å². The van der Waals surface area contributed by atoms with Gasteiger partial charge in [-0.05, 0) is 119 Å². The Hall–Kier alpha value is -8.10. The molecule has 0 spiro atoms. The molecule has 0 amide bonds. The minimum atomic E-state index is -0.311. The fraction of sp³-hybridized carbons (Fsp3) is 0.123. The second-order valence-corrected chi connectivity index (χ2v) is 17.7. The number of rotatable bonds is 4. The molecule has 4 atom stereocenters. The number of aromatic nitrogens is 4. The Bertz CT molecular complexity index is 3370. The maximum atomic E-state index is 5.49.